The Morgan fingerprint density at radius 3 is 2.74 bits per heavy atom. The van der Waals surface area contributed by atoms with Gasteiger partial charge in [-0.3, -0.25) is 0 Å². The summed E-state index contributed by atoms with van der Waals surface area (Å²) in [6, 6.07) is 13.2. The third-order valence-corrected chi connectivity index (χ3v) is 5.22. The van der Waals surface area contributed by atoms with E-state index in [4.69, 9.17) is 0 Å². The fourth-order valence-corrected chi connectivity index (χ4v) is 3.78. The number of fused-ring (bicyclic) bond motifs is 1. The number of aromatic nitrogens is 4. The maximum absolute atomic E-state index is 4.17. The van der Waals surface area contributed by atoms with Gasteiger partial charge in [-0.1, -0.05) is 23.3 Å². The van der Waals surface area contributed by atoms with Crippen molar-refractivity contribution in [3.8, 4) is 0 Å². The van der Waals surface area contributed by atoms with Crippen LogP contribution in [-0.2, 0) is 0 Å². The van der Waals surface area contributed by atoms with Crippen molar-refractivity contribution in [3.05, 3.63) is 52.2 Å². The molecule has 0 spiro atoms. The Bertz CT molecular complexity index is 777. The Morgan fingerprint density at radius 1 is 1.22 bits per heavy atom. The number of benzene rings is 1. The van der Waals surface area contributed by atoms with E-state index in [2.05, 4.69) is 67.5 Å². The molecule has 3 aromatic rings. The van der Waals surface area contributed by atoms with Gasteiger partial charge >= 0.3 is 0 Å². The molecule has 7 heteroatoms. The molecule has 3 heterocycles. The van der Waals surface area contributed by atoms with Crippen molar-refractivity contribution in [1.29, 1.82) is 0 Å². The van der Waals surface area contributed by atoms with Crippen molar-refractivity contribution in [2.75, 3.05) is 24.3 Å². The van der Waals surface area contributed by atoms with Crippen molar-refractivity contribution in [2.45, 2.75) is 18.5 Å². The van der Waals surface area contributed by atoms with Crippen LogP contribution >= 0.6 is 11.3 Å². The maximum atomic E-state index is 4.17. The minimum atomic E-state index is 0.143. The zero-order valence-electron chi connectivity index (χ0n) is 13.0. The first-order valence-corrected chi connectivity index (χ1v) is 8.45. The largest absolute Gasteiger partial charge is 0.378 e. The predicted octanol–water partition coefficient (Wildman–Crippen LogP) is 2.95. The number of tetrazole rings is 1. The maximum Gasteiger partial charge on any atom is 0.244 e. The molecule has 2 atom stereocenters. The molecule has 0 saturated carbocycles. The average Bonchev–Trinajstić information content (AvgIpc) is 3.25. The van der Waals surface area contributed by atoms with E-state index in [-0.39, 0.29) is 12.1 Å². The van der Waals surface area contributed by atoms with Gasteiger partial charge in [-0.05, 0) is 46.0 Å². The molecule has 1 N–H and O–H groups in total. The van der Waals surface area contributed by atoms with Crippen LogP contribution in [0.4, 0.5) is 11.6 Å². The van der Waals surface area contributed by atoms with Gasteiger partial charge in [0.1, 0.15) is 0 Å². The molecule has 2 aromatic heterocycles. The molecule has 4 rings (SSSR count). The highest BCUT2D eigenvalue weighted by Crippen LogP contribution is 2.38. The SMILES string of the molecule is CN(C)c1ccc([C@@H]2C[C@H](c3cccs3)Nc3nnnn32)cc1. The lowest BCUT2D eigenvalue weighted by molar-refractivity contribution is 0.426. The normalized spacial score (nSPS) is 19.9. The molecule has 0 radical (unpaired) electrons. The van der Waals surface area contributed by atoms with Gasteiger partial charge in [0, 0.05) is 24.7 Å². The van der Waals surface area contributed by atoms with Gasteiger partial charge in [0.25, 0.3) is 0 Å². The summed E-state index contributed by atoms with van der Waals surface area (Å²) >= 11 is 1.76. The smallest absolute Gasteiger partial charge is 0.244 e. The Morgan fingerprint density at radius 2 is 2.04 bits per heavy atom. The van der Waals surface area contributed by atoms with E-state index in [9.17, 15) is 0 Å². The van der Waals surface area contributed by atoms with E-state index >= 15 is 0 Å². The molecule has 0 saturated heterocycles. The summed E-state index contributed by atoms with van der Waals surface area (Å²) in [6.45, 7) is 0. The van der Waals surface area contributed by atoms with Gasteiger partial charge in [-0.25, -0.2) is 4.68 Å². The first-order valence-electron chi connectivity index (χ1n) is 7.57. The van der Waals surface area contributed by atoms with Crippen LogP contribution in [0.5, 0.6) is 0 Å². The van der Waals surface area contributed by atoms with E-state index < -0.39 is 0 Å². The van der Waals surface area contributed by atoms with Crippen molar-refractivity contribution >= 4 is 23.0 Å². The lowest BCUT2D eigenvalue weighted by atomic mass is 9.96. The lowest BCUT2D eigenvalue weighted by Gasteiger charge is -2.30. The number of hydrogen-bond donors (Lipinski definition) is 1. The Kier molecular flexibility index (Phi) is 3.49. The number of hydrogen-bond acceptors (Lipinski definition) is 6. The summed E-state index contributed by atoms with van der Waals surface area (Å²) < 4.78 is 1.88. The fraction of sp³-hybridized carbons (Fsp3) is 0.312. The molecule has 0 bridgehead atoms. The standard InChI is InChI=1S/C16H18N6S/c1-21(2)12-7-5-11(6-8-12)14-10-13(15-4-3-9-23-15)17-16-18-19-20-22(14)16/h3-9,13-14H,10H2,1-2H3,(H,17,18,20)/t13-,14+/m1/s1. The molecular formula is C16H18N6S. The number of rotatable bonds is 3. The van der Waals surface area contributed by atoms with Gasteiger partial charge in [0.05, 0.1) is 12.1 Å². The van der Waals surface area contributed by atoms with Crippen LogP contribution < -0.4 is 10.2 Å². The van der Waals surface area contributed by atoms with E-state index in [0.717, 1.165) is 12.4 Å². The highest BCUT2D eigenvalue weighted by Gasteiger charge is 2.31. The summed E-state index contributed by atoms with van der Waals surface area (Å²) in [4.78, 5) is 3.41. The molecule has 0 amide bonds. The highest BCUT2D eigenvalue weighted by atomic mass is 32.1. The van der Waals surface area contributed by atoms with Crippen LogP contribution in [0.15, 0.2) is 41.8 Å². The molecular weight excluding hydrogens is 308 g/mol. The summed E-state index contributed by atoms with van der Waals surface area (Å²) in [5, 5.41) is 17.7. The molecule has 23 heavy (non-hydrogen) atoms. The molecule has 1 aliphatic rings. The van der Waals surface area contributed by atoms with Gasteiger partial charge in [-0.15, -0.1) is 11.3 Å². The highest BCUT2D eigenvalue weighted by molar-refractivity contribution is 7.10. The van der Waals surface area contributed by atoms with Crippen LogP contribution in [0.2, 0.25) is 0 Å². The van der Waals surface area contributed by atoms with E-state index in [1.807, 2.05) is 18.8 Å². The van der Waals surface area contributed by atoms with Gasteiger partial charge in [0.2, 0.25) is 5.95 Å². The van der Waals surface area contributed by atoms with Crippen LogP contribution in [-0.4, -0.2) is 34.3 Å². The Hall–Kier alpha value is -2.41. The Balaban J connectivity index is 1.69. The second-order valence-corrected chi connectivity index (χ2v) is 6.88. The van der Waals surface area contributed by atoms with Crippen molar-refractivity contribution in [2.24, 2.45) is 0 Å². The minimum absolute atomic E-state index is 0.143. The second kappa shape index (κ2) is 5.66. The molecule has 0 fully saturated rings. The van der Waals surface area contributed by atoms with Crippen molar-refractivity contribution < 1.29 is 0 Å². The monoisotopic (exact) mass is 326 g/mol. The topological polar surface area (TPSA) is 58.9 Å². The van der Waals surface area contributed by atoms with Crippen molar-refractivity contribution in [3.63, 3.8) is 0 Å². The predicted molar refractivity (Wildman–Crippen MR) is 92.0 cm³/mol. The summed E-state index contributed by atoms with van der Waals surface area (Å²) in [5.41, 5.74) is 2.42. The average molecular weight is 326 g/mol. The first kappa shape index (κ1) is 14.2. The quantitative estimate of drug-likeness (QED) is 0.802. The fourth-order valence-electron chi connectivity index (χ4n) is 2.99. The van der Waals surface area contributed by atoms with E-state index in [1.54, 1.807) is 11.3 Å². The molecule has 1 aromatic carbocycles. The van der Waals surface area contributed by atoms with Gasteiger partial charge in [0.15, 0.2) is 0 Å². The minimum Gasteiger partial charge on any atom is -0.378 e. The van der Waals surface area contributed by atoms with Crippen LogP contribution in [0, 0.1) is 0 Å². The summed E-state index contributed by atoms with van der Waals surface area (Å²) in [6.07, 6.45) is 0.930. The molecule has 0 aliphatic carbocycles. The number of nitrogens with one attached hydrogen (secondary N) is 1. The number of thiophene rings is 1. The number of anilines is 2. The van der Waals surface area contributed by atoms with Gasteiger partial charge in [-0.2, -0.15) is 0 Å². The number of nitrogens with zero attached hydrogens (tertiary/aromatic N) is 5. The van der Waals surface area contributed by atoms with Crippen LogP contribution in [0.1, 0.15) is 28.9 Å². The third-order valence-electron chi connectivity index (χ3n) is 4.23. The molecule has 1 aliphatic heterocycles. The zero-order valence-corrected chi connectivity index (χ0v) is 13.9. The van der Waals surface area contributed by atoms with Crippen LogP contribution in [0.25, 0.3) is 0 Å². The third kappa shape index (κ3) is 2.57. The molecule has 118 valence electrons. The lowest BCUT2D eigenvalue weighted by Crippen LogP contribution is -2.27. The van der Waals surface area contributed by atoms with Crippen molar-refractivity contribution in [1.82, 2.24) is 20.2 Å². The second-order valence-electron chi connectivity index (χ2n) is 5.90. The summed E-state index contributed by atoms with van der Waals surface area (Å²) in [7, 11) is 4.09. The first-order chi connectivity index (χ1) is 11.2. The van der Waals surface area contributed by atoms with Crippen LogP contribution in [0.3, 0.4) is 0 Å². The van der Waals surface area contributed by atoms with E-state index in [0.29, 0.717) is 0 Å². The Labute approximate surface area is 138 Å². The molecule has 6 nitrogen and oxygen atoms in total. The summed E-state index contributed by atoms with van der Waals surface area (Å²) in [5.74, 6) is 0.733. The zero-order chi connectivity index (χ0) is 15.8. The van der Waals surface area contributed by atoms with Gasteiger partial charge < -0.3 is 10.2 Å². The van der Waals surface area contributed by atoms with E-state index in [1.165, 1.54) is 16.1 Å². The molecule has 0 unspecified atom stereocenters.